The first-order valence-corrected chi connectivity index (χ1v) is 11.1. The average molecular weight is 408 g/mol. The zero-order valence-electron chi connectivity index (χ0n) is 17.4. The second kappa shape index (κ2) is 8.50. The zero-order chi connectivity index (χ0) is 20.4. The molecule has 1 saturated heterocycles. The summed E-state index contributed by atoms with van der Waals surface area (Å²) >= 11 is 0. The topological polar surface area (TPSA) is 40.3 Å². The van der Waals surface area contributed by atoms with E-state index in [1.807, 2.05) is 12.1 Å². The number of H-pyrrole nitrogens is 1. The van der Waals surface area contributed by atoms with Gasteiger partial charge in [0.15, 0.2) is 0 Å². The molecule has 0 atom stereocenters. The molecule has 5 rings (SSSR count). The highest BCUT2D eigenvalue weighted by molar-refractivity contribution is 5.85. The Labute approximate surface area is 177 Å². The number of benzene rings is 2. The van der Waals surface area contributed by atoms with Crippen molar-refractivity contribution in [2.24, 2.45) is 0 Å². The van der Waals surface area contributed by atoms with Gasteiger partial charge in [-0.3, -0.25) is 0 Å². The van der Waals surface area contributed by atoms with Gasteiger partial charge in [0, 0.05) is 49.4 Å². The van der Waals surface area contributed by atoms with Crippen LogP contribution in [0.2, 0.25) is 0 Å². The van der Waals surface area contributed by atoms with E-state index >= 15 is 0 Å². The van der Waals surface area contributed by atoms with Crippen LogP contribution in [-0.4, -0.2) is 42.7 Å². The maximum atomic E-state index is 13.7. The SMILES string of the molecule is Fc1ccc2c3c([nH]c2c1)C1(CCN(CCCOCc2ccccc2)CC1)NCC3. The molecule has 30 heavy (non-hydrogen) atoms. The van der Waals surface area contributed by atoms with Crippen LogP contribution in [0.25, 0.3) is 10.9 Å². The van der Waals surface area contributed by atoms with Gasteiger partial charge < -0.3 is 19.9 Å². The molecule has 1 fully saturated rings. The van der Waals surface area contributed by atoms with Gasteiger partial charge in [0.05, 0.1) is 12.1 Å². The molecule has 2 aliphatic heterocycles. The molecule has 158 valence electrons. The fraction of sp³-hybridized carbons (Fsp3) is 0.440. The fourth-order valence-corrected chi connectivity index (χ4v) is 5.15. The molecular weight excluding hydrogens is 377 g/mol. The van der Waals surface area contributed by atoms with Crippen molar-refractivity contribution in [2.45, 2.75) is 37.8 Å². The molecular formula is C25H30FN3O. The van der Waals surface area contributed by atoms with Crippen LogP contribution in [0, 0.1) is 5.82 Å². The van der Waals surface area contributed by atoms with E-state index in [0.29, 0.717) is 6.61 Å². The van der Waals surface area contributed by atoms with E-state index in [1.54, 1.807) is 12.1 Å². The van der Waals surface area contributed by atoms with Gasteiger partial charge in [-0.25, -0.2) is 4.39 Å². The number of ether oxygens (including phenoxy) is 1. The van der Waals surface area contributed by atoms with Gasteiger partial charge in [-0.05, 0) is 55.0 Å². The van der Waals surface area contributed by atoms with Crippen molar-refractivity contribution >= 4 is 10.9 Å². The Bertz CT molecular complexity index is 992. The van der Waals surface area contributed by atoms with Gasteiger partial charge in [0.1, 0.15) is 5.82 Å². The molecule has 2 N–H and O–H groups in total. The summed E-state index contributed by atoms with van der Waals surface area (Å²) in [5.41, 5.74) is 4.84. The quantitative estimate of drug-likeness (QED) is 0.597. The molecule has 1 spiro atoms. The van der Waals surface area contributed by atoms with Crippen molar-refractivity contribution in [3.05, 3.63) is 71.2 Å². The summed E-state index contributed by atoms with van der Waals surface area (Å²) in [7, 11) is 0. The molecule has 4 nitrogen and oxygen atoms in total. The lowest BCUT2D eigenvalue weighted by Gasteiger charge is -2.45. The number of likely N-dealkylation sites (tertiary alicyclic amines) is 1. The average Bonchev–Trinajstić information content (AvgIpc) is 3.15. The number of aromatic amines is 1. The molecule has 5 heteroatoms. The van der Waals surface area contributed by atoms with Crippen molar-refractivity contribution in [2.75, 3.05) is 32.8 Å². The Kier molecular flexibility index (Phi) is 5.59. The van der Waals surface area contributed by atoms with E-state index in [9.17, 15) is 4.39 Å². The largest absolute Gasteiger partial charge is 0.377 e. The number of nitrogens with zero attached hydrogens (tertiary/aromatic N) is 1. The number of rotatable bonds is 6. The predicted octanol–water partition coefficient (Wildman–Crippen LogP) is 4.35. The molecule has 1 aromatic heterocycles. The van der Waals surface area contributed by atoms with Crippen molar-refractivity contribution in [3.8, 4) is 0 Å². The van der Waals surface area contributed by atoms with E-state index in [-0.39, 0.29) is 11.4 Å². The molecule has 0 saturated carbocycles. The fourth-order valence-electron chi connectivity index (χ4n) is 5.15. The summed E-state index contributed by atoms with van der Waals surface area (Å²) in [6, 6.07) is 15.5. The summed E-state index contributed by atoms with van der Waals surface area (Å²) in [6.45, 7) is 5.72. The first-order chi connectivity index (χ1) is 14.7. The molecule has 3 heterocycles. The number of hydrogen-bond donors (Lipinski definition) is 2. The Morgan fingerprint density at radius 3 is 2.73 bits per heavy atom. The van der Waals surface area contributed by atoms with E-state index < -0.39 is 0 Å². The van der Waals surface area contributed by atoms with Crippen LogP contribution in [0.1, 0.15) is 36.1 Å². The zero-order valence-corrected chi connectivity index (χ0v) is 17.4. The third-order valence-electron chi connectivity index (χ3n) is 6.77. The number of nitrogens with one attached hydrogen (secondary N) is 2. The first-order valence-electron chi connectivity index (χ1n) is 11.1. The van der Waals surface area contributed by atoms with Gasteiger partial charge in [-0.1, -0.05) is 30.3 Å². The molecule has 0 aliphatic carbocycles. The van der Waals surface area contributed by atoms with Crippen molar-refractivity contribution in [1.29, 1.82) is 0 Å². The van der Waals surface area contributed by atoms with Crippen LogP contribution in [0.15, 0.2) is 48.5 Å². The molecule has 0 radical (unpaired) electrons. The molecule has 0 amide bonds. The van der Waals surface area contributed by atoms with Crippen LogP contribution < -0.4 is 5.32 Å². The van der Waals surface area contributed by atoms with Crippen LogP contribution in [0.5, 0.6) is 0 Å². The third kappa shape index (κ3) is 3.89. The third-order valence-corrected chi connectivity index (χ3v) is 6.77. The van der Waals surface area contributed by atoms with Crippen LogP contribution in [0.4, 0.5) is 4.39 Å². The number of hydrogen-bond acceptors (Lipinski definition) is 3. The lowest BCUT2D eigenvalue weighted by molar-refractivity contribution is 0.0897. The second-order valence-corrected chi connectivity index (χ2v) is 8.66. The summed E-state index contributed by atoms with van der Waals surface area (Å²) in [5, 5.41) is 4.99. The highest BCUT2D eigenvalue weighted by Gasteiger charge is 2.41. The lowest BCUT2D eigenvalue weighted by atomic mass is 9.79. The monoisotopic (exact) mass is 407 g/mol. The van der Waals surface area contributed by atoms with E-state index in [0.717, 1.165) is 64.0 Å². The van der Waals surface area contributed by atoms with Crippen molar-refractivity contribution in [3.63, 3.8) is 0 Å². The van der Waals surface area contributed by atoms with E-state index in [2.05, 4.69) is 39.5 Å². The number of halogens is 1. The van der Waals surface area contributed by atoms with Gasteiger partial charge in [0.25, 0.3) is 0 Å². The van der Waals surface area contributed by atoms with Gasteiger partial charge in [0.2, 0.25) is 0 Å². The van der Waals surface area contributed by atoms with Crippen molar-refractivity contribution < 1.29 is 9.13 Å². The maximum Gasteiger partial charge on any atom is 0.125 e. The van der Waals surface area contributed by atoms with Crippen LogP contribution in [-0.2, 0) is 23.3 Å². The summed E-state index contributed by atoms with van der Waals surface area (Å²) in [4.78, 5) is 6.12. The Morgan fingerprint density at radius 1 is 1.07 bits per heavy atom. The first kappa shape index (κ1) is 19.7. The Balaban J connectivity index is 1.16. The standard InChI is InChI=1S/C25H30FN3O/c26-20-7-8-21-22-9-12-27-25(24(22)28-23(21)17-20)10-14-29(15-11-25)13-4-16-30-18-19-5-2-1-3-6-19/h1-3,5-8,17,27-28H,4,9-16,18H2. The molecule has 0 bridgehead atoms. The smallest absolute Gasteiger partial charge is 0.125 e. The van der Waals surface area contributed by atoms with Gasteiger partial charge in [-0.15, -0.1) is 0 Å². The minimum Gasteiger partial charge on any atom is -0.377 e. The van der Waals surface area contributed by atoms with Crippen LogP contribution >= 0.6 is 0 Å². The molecule has 0 unspecified atom stereocenters. The molecule has 2 aromatic carbocycles. The van der Waals surface area contributed by atoms with Crippen LogP contribution in [0.3, 0.4) is 0 Å². The van der Waals surface area contributed by atoms with Crippen molar-refractivity contribution in [1.82, 2.24) is 15.2 Å². The highest BCUT2D eigenvalue weighted by Crippen LogP contribution is 2.40. The summed E-state index contributed by atoms with van der Waals surface area (Å²) < 4.78 is 19.5. The second-order valence-electron chi connectivity index (χ2n) is 8.66. The Morgan fingerprint density at radius 2 is 1.90 bits per heavy atom. The minimum atomic E-state index is -0.174. The lowest BCUT2D eigenvalue weighted by Crippen LogP contribution is -2.54. The highest BCUT2D eigenvalue weighted by atomic mass is 19.1. The maximum absolute atomic E-state index is 13.7. The van der Waals surface area contributed by atoms with Gasteiger partial charge >= 0.3 is 0 Å². The summed E-state index contributed by atoms with van der Waals surface area (Å²) in [5.74, 6) is -0.174. The predicted molar refractivity (Wildman–Crippen MR) is 118 cm³/mol. The number of fused-ring (bicyclic) bond motifs is 4. The Hall–Kier alpha value is -2.21. The summed E-state index contributed by atoms with van der Waals surface area (Å²) in [6.07, 6.45) is 4.23. The van der Waals surface area contributed by atoms with E-state index in [4.69, 9.17) is 4.74 Å². The molecule has 2 aliphatic rings. The number of aromatic nitrogens is 1. The number of piperidine rings is 1. The normalized spacial score (nSPS) is 18.7. The van der Waals surface area contributed by atoms with E-state index in [1.165, 1.54) is 22.2 Å². The minimum absolute atomic E-state index is 0.00336. The van der Waals surface area contributed by atoms with Gasteiger partial charge in [-0.2, -0.15) is 0 Å². The molecule has 3 aromatic rings.